The van der Waals surface area contributed by atoms with Gasteiger partial charge in [0.05, 0.1) is 17.6 Å². The summed E-state index contributed by atoms with van der Waals surface area (Å²) in [6.45, 7) is 3.40. The van der Waals surface area contributed by atoms with Crippen LogP contribution in [0.15, 0.2) is 4.90 Å². The lowest BCUT2D eigenvalue weighted by molar-refractivity contribution is 0.409. The van der Waals surface area contributed by atoms with Crippen LogP contribution < -0.4 is 4.72 Å². The van der Waals surface area contributed by atoms with E-state index in [9.17, 15) is 16.8 Å². The highest BCUT2D eigenvalue weighted by Gasteiger charge is 2.34. The molecule has 21 heavy (non-hydrogen) atoms. The fraction of sp³-hybridized carbons (Fsp3) is 0.727. The van der Waals surface area contributed by atoms with Crippen LogP contribution in [0.4, 0.5) is 0 Å². The summed E-state index contributed by atoms with van der Waals surface area (Å²) in [7, 11) is -7.00. The van der Waals surface area contributed by atoms with Crippen LogP contribution in [0.2, 0.25) is 0 Å². The van der Waals surface area contributed by atoms with Gasteiger partial charge in [-0.2, -0.15) is 9.40 Å². The molecule has 10 heteroatoms. The number of sulfonamides is 2. The standard InChI is InChI=1S/C11H20N4O4S2/c1-8-11(9(2)14-13-8)21(18,19)12-6-7-15(10-4-5-10)20(3,16)17/h10,12H,4-7H2,1-3H3,(H,13,14). The molecule has 1 saturated carbocycles. The van der Waals surface area contributed by atoms with E-state index in [0.29, 0.717) is 11.4 Å². The third kappa shape index (κ3) is 3.82. The van der Waals surface area contributed by atoms with Crippen molar-refractivity contribution in [2.45, 2.75) is 37.6 Å². The van der Waals surface area contributed by atoms with E-state index >= 15 is 0 Å². The van der Waals surface area contributed by atoms with E-state index in [0.717, 1.165) is 19.1 Å². The van der Waals surface area contributed by atoms with Crippen molar-refractivity contribution in [3.05, 3.63) is 11.4 Å². The van der Waals surface area contributed by atoms with E-state index in [4.69, 9.17) is 0 Å². The molecule has 2 rings (SSSR count). The number of aromatic nitrogens is 2. The monoisotopic (exact) mass is 336 g/mol. The molecule has 0 radical (unpaired) electrons. The van der Waals surface area contributed by atoms with Gasteiger partial charge in [-0.25, -0.2) is 21.6 Å². The summed E-state index contributed by atoms with van der Waals surface area (Å²) in [5.41, 5.74) is 0.851. The molecule has 0 saturated heterocycles. The Bertz CT molecular complexity index is 700. The quantitative estimate of drug-likeness (QED) is 0.712. The summed E-state index contributed by atoms with van der Waals surface area (Å²) in [6.07, 6.45) is 2.81. The van der Waals surface area contributed by atoms with Crippen molar-refractivity contribution in [3.8, 4) is 0 Å². The Labute approximate surface area is 125 Å². The number of H-pyrrole nitrogens is 1. The molecular weight excluding hydrogens is 316 g/mol. The van der Waals surface area contributed by atoms with Crippen LogP contribution in [-0.4, -0.2) is 56.7 Å². The van der Waals surface area contributed by atoms with E-state index < -0.39 is 20.0 Å². The molecule has 1 aromatic heterocycles. The zero-order valence-electron chi connectivity index (χ0n) is 12.2. The van der Waals surface area contributed by atoms with Crippen molar-refractivity contribution in [1.82, 2.24) is 19.2 Å². The topological polar surface area (TPSA) is 112 Å². The number of hydrogen-bond donors (Lipinski definition) is 2. The molecule has 0 aliphatic heterocycles. The molecule has 120 valence electrons. The minimum Gasteiger partial charge on any atom is -0.281 e. The summed E-state index contributed by atoms with van der Waals surface area (Å²) < 4.78 is 51.5. The lowest BCUT2D eigenvalue weighted by Gasteiger charge is -2.19. The predicted octanol–water partition coefficient (Wildman–Crippen LogP) is -0.271. The molecule has 1 aromatic rings. The van der Waals surface area contributed by atoms with Crippen LogP contribution in [0, 0.1) is 13.8 Å². The Morgan fingerprint density at radius 1 is 1.29 bits per heavy atom. The third-order valence-corrected chi connectivity index (χ3v) is 6.39. The minimum absolute atomic E-state index is 0.0156. The van der Waals surface area contributed by atoms with E-state index in [1.807, 2.05) is 0 Å². The molecule has 0 amide bonds. The van der Waals surface area contributed by atoms with Crippen molar-refractivity contribution < 1.29 is 16.8 Å². The molecule has 0 spiro atoms. The van der Waals surface area contributed by atoms with Gasteiger partial charge in [-0.15, -0.1) is 0 Å². The number of aryl methyl sites for hydroxylation is 2. The summed E-state index contributed by atoms with van der Waals surface area (Å²) >= 11 is 0. The largest absolute Gasteiger partial charge is 0.281 e. The van der Waals surface area contributed by atoms with Gasteiger partial charge in [-0.3, -0.25) is 5.10 Å². The van der Waals surface area contributed by atoms with E-state index in [1.165, 1.54) is 4.31 Å². The lowest BCUT2D eigenvalue weighted by Crippen LogP contribution is -2.39. The van der Waals surface area contributed by atoms with Gasteiger partial charge >= 0.3 is 0 Å². The van der Waals surface area contributed by atoms with Crippen molar-refractivity contribution in [1.29, 1.82) is 0 Å². The lowest BCUT2D eigenvalue weighted by atomic mass is 10.4. The van der Waals surface area contributed by atoms with Crippen LogP contribution in [-0.2, 0) is 20.0 Å². The van der Waals surface area contributed by atoms with E-state index in [-0.39, 0.29) is 24.0 Å². The molecule has 1 aliphatic carbocycles. The summed E-state index contributed by atoms with van der Waals surface area (Å²) in [6, 6.07) is 0.0156. The summed E-state index contributed by atoms with van der Waals surface area (Å²) in [5, 5.41) is 6.47. The van der Waals surface area contributed by atoms with Crippen LogP contribution >= 0.6 is 0 Å². The molecule has 1 fully saturated rings. The molecule has 8 nitrogen and oxygen atoms in total. The Balaban J connectivity index is 2.03. The van der Waals surface area contributed by atoms with Gasteiger partial charge in [0.2, 0.25) is 20.0 Å². The summed E-state index contributed by atoms with van der Waals surface area (Å²) in [4.78, 5) is 0.125. The smallest absolute Gasteiger partial charge is 0.244 e. The molecule has 1 heterocycles. The molecule has 0 unspecified atom stereocenters. The third-order valence-electron chi connectivity index (χ3n) is 3.33. The summed E-state index contributed by atoms with van der Waals surface area (Å²) in [5.74, 6) is 0. The van der Waals surface area contributed by atoms with Gasteiger partial charge in [-0.1, -0.05) is 0 Å². The van der Waals surface area contributed by atoms with Crippen LogP contribution in [0.1, 0.15) is 24.2 Å². The Morgan fingerprint density at radius 3 is 2.33 bits per heavy atom. The molecular formula is C11H20N4O4S2. The maximum atomic E-state index is 12.2. The predicted molar refractivity (Wildman–Crippen MR) is 77.8 cm³/mol. The first-order chi connectivity index (χ1) is 9.63. The maximum Gasteiger partial charge on any atom is 0.244 e. The van der Waals surface area contributed by atoms with Crippen molar-refractivity contribution in [3.63, 3.8) is 0 Å². The highest BCUT2D eigenvalue weighted by Crippen LogP contribution is 2.28. The Hall–Kier alpha value is -0.970. The SMILES string of the molecule is Cc1n[nH]c(C)c1S(=O)(=O)NCCN(C1CC1)S(C)(=O)=O. The van der Waals surface area contributed by atoms with Gasteiger partial charge < -0.3 is 0 Å². The van der Waals surface area contributed by atoms with Crippen LogP contribution in [0.25, 0.3) is 0 Å². The Kier molecular flexibility index (Phi) is 4.43. The van der Waals surface area contributed by atoms with Crippen LogP contribution in [0.3, 0.4) is 0 Å². The van der Waals surface area contributed by atoms with Gasteiger partial charge in [0.25, 0.3) is 0 Å². The van der Waals surface area contributed by atoms with Gasteiger partial charge in [0, 0.05) is 19.1 Å². The molecule has 2 N–H and O–H groups in total. The first kappa shape index (κ1) is 16.4. The highest BCUT2D eigenvalue weighted by molar-refractivity contribution is 7.89. The number of hydrogen-bond acceptors (Lipinski definition) is 5. The zero-order chi connectivity index (χ0) is 15.8. The normalized spacial score (nSPS) is 16.6. The van der Waals surface area contributed by atoms with Crippen LogP contribution in [0.5, 0.6) is 0 Å². The first-order valence-electron chi connectivity index (χ1n) is 6.61. The van der Waals surface area contributed by atoms with Crippen molar-refractivity contribution in [2.75, 3.05) is 19.3 Å². The molecule has 1 aliphatic rings. The fourth-order valence-electron chi connectivity index (χ4n) is 2.28. The van der Waals surface area contributed by atoms with E-state index in [1.54, 1.807) is 13.8 Å². The fourth-order valence-corrected chi connectivity index (χ4v) is 4.84. The highest BCUT2D eigenvalue weighted by atomic mass is 32.2. The second-order valence-electron chi connectivity index (χ2n) is 5.27. The number of aromatic amines is 1. The number of nitrogens with one attached hydrogen (secondary N) is 2. The molecule has 0 aromatic carbocycles. The Morgan fingerprint density at radius 2 is 1.90 bits per heavy atom. The second kappa shape index (κ2) is 5.67. The average Bonchev–Trinajstić information content (AvgIpc) is 3.09. The van der Waals surface area contributed by atoms with Crippen molar-refractivity contribution >= 4 is 20.0 Å². The van der Waals surface area contributed by atoms with Gasteiger partial charge in [0.1, 0.15) is 4.90 Å². The molecule has 0 bridgehead atoms. The van der Waals surface area contributed by atoms with Gasteiger partial charge in [0.15, 0.2) is 0 Å². The first-order valence-corrected chi connectivity index (χ1v) is 9.94. The second-order valence-corrected chi connectivity index (χ2v) is 8.90. The molecule has 0 atom stereocenters. The zero-order valence-corrected chi connectivity index (χ0v) is 13.9. The number of nitrogens with zero attached hydrogens (tertiary/aromatic N) is 2. The average molecular weight is 336 g/mol. The maximum absolute atomic E-state index is 12.2. The van der Waals surface area contributed by atoms with Crippen molar-refractivity contribution in [2.24, 2.45) is 0 Å². The number of rotatable bonds is 7. The van der Waals surface area contributed by atoms with E-state index in [2.05, 4.69) is 14.9 Å². The minimum atomic E-state index is -3.69. The van der Waals surface area contributed by atoms with Gasteiger partial charge in [-0.05, 0) is 26.7 Å².